The number of carbonyl (C=O) groups is 1. The maximum absolute atomic E-state index is 13.7. The molecule has 2 heterocycles. The van der Waals surface area contributed by atoms with Crippen LogP contribution >= 0.6 is 11.8 Å². The fourth-order valence-electron chi connectivity index (χ4n) is 2.69. The molecule has 0 spiro atoms. The van der Waals surface area contributed by atoms with Gasteiger partial charge >= 0.3 is 0 Å². The molecule has 0 radical (unpaired) electrons. The van der Waals surface area contributed by atoms with Crippen molar-refractivity contribution >= 4 is 34.5 Å². The van der Waals surface area contributed by atoms with Gasteiger partial charge in [-0.2, -0.15) is 5.10 Å². The third-order valence-corrected chi connectivity index (χ3v) is 4.75. The lowest BCUT2D eigenvalue weighted by Gasteiger charge is -2.09. The molecule has 148 valence electrons. The van der Waals surface area contributed by atoms with Gasteiger partial charge < -0.3 is 10.6 Å². The second-order valence-electron chi connectivity index (χ2n) is 6.06. The maximum Gasteiger partial charge on any atom is 0.254 e. The third-order valence-electron chi connectivity index (χ3n) is 4.02. The Hall–Kier alpha value is -2.68. The molecule has 28 heavy (non-hydrogen) atoms. The van der Waals surface area contributed by atoms with E-state index in [1.54, 1.807) is 34.8 Å². The SMILES string of the molecule is CCCNc1nc(SCC)nc2c1cnn2CCNC(=O)c1ccccc1F. The van der Waals surface area contributed by atoms with Crippen LogP contribution in [0.1, 0.15) is 30.6 Å². The number of fused-ring (bicyclic) bond motifs is 1. The van der Waals surface area contributed by atoms with Gasteiger partial charge in [0, 0.05) is 13.1 Å². The highest BCUT2D eigenvalue weighted by Crippen LogP contribution is 2.24. The third kappa shape index (κ3) is 4.59. The van der Waals surface area contributed by atoms with E-state index >= 15 is 0 Å². The molecule has 0 bridgehead atoms. The van der Waals surface area contributed by atoms with E-state index in [1.165, 1.54) is 12.1 Å². The van der Waals surface area contributed by atoms with Gasteiger partial charge in [0.1, 0.15) is 11.6 Å². The van der Waals surface area contributed by atoms with Gasteiger partial charge in [-0.25, -0.2) is 19.0 Å². The zero-order valence-corrected chi connectivity index (χ0v) is 16.7. The number of nitrogens with zero attached hydrogens (tertiary/aromatic N) is 4. The summed E-state index contributed by atoms with van der Waals surface area (Å²) in [6.45, 7) is 5.68. The number of anilines is 1. The van der Waals surface area contributed by atoms with Crippen molar-refractivity contribution in [1.29, 1.82) is 0 Å². The average molecular weight is 402 g/mol. The van der Waals surface area contributed by atoms with Crippen molar-refractivity contribution in [2.24, 2.45) is 0 Å². The van der Waals surface area contributed by atoms with Gasteiger partial charge in [0.15, 0.2) is 10.8 Å². The number of hydrogen-bond acceptors (Lipinski definition) is 6. The molecule has 7 nitrogen and oxygen atoms in total. The van der Waals surface area contributed by atoms with E-state index in [9.17, 15) is 9.18 Å². The highest BCUT2D eigenvalue weighted by atomic mass is 32.2. The van der Waals surface area contributed by atoms with E-state index in [2.05, 4.69) is 32.6 Å². The van der Waals surface area contributed by atoms with Crippen LogP contribution in [-0.4, -0.2) is 44.5 Å². The number of halogens is 1. The lowest BCUT2D eigenvalue weighted by Crippen LogP contribution is -2.28. The van der Waals surface area contributed by atoms with Crippen molar-refractivity contribution in [2.75, 3.05) is 24.2 Å². The minimum Gasteiger partial charge on any atom is -0.369 e. The smallest absolute Gasteiger partial charge is 0.254 e. The summed E-state index contributed by atoms with van der Waals surface area (Å²) in [6, 6.07) is 5.91. The first-order valence-corrected chi connectivity index (χ1v) is 10.3. The van der Waals surface area contributed by atoms with E-state index in [0.29, 0.717) is 23.9 Å². The van der Waals surface area contributed by atoms with Crippen molar-refractivity contribution < 1.29 is 9.18 Å². The Balaban J connectivity index is 1.75. The number of amides is 1. The predicted octanol–water partition coefficient (Wildman–Crippen LogP) is 3.33. The summed E-state index contributed by atoms with van der Waals surface area (Å²) >= 11 is 1.56. The largest absolute Gasteiger partial charge is 0.369 e. The van der Waals surface area contributed by atoms with Crippen LogP contribution in [0.25, 0.3) is 11.0 Å². The molecule has 3 aromatic rings. The summed E-state index contributed by atoms with van der Waals surface area (Å²) in [6.07, 6.45) is 2.71. The topological polar surface area (TPSA) is 84.7 Å². The van der Waals surface area contributed by atoms with Crippen molar-refractivity contribution in [3.05, 3.63) is 41.8 Å². The molecule has 1 amide bonds. The maximum atomic E-state index is 13.7. The van der Waals surface area contributed by atoms with Crippen molar-refractivity contribution in [2.45, 2.75) is 32.0 Å². The second kappa shape index (κ2) is 9.50. The highest BCUT2D eigenvalue weighted by molar-refractivity contribution is 7.99. The Bertz CT molecular complexity index is 961. The van der Waals surface area contributed by atoms with Crippen LogP contribution in [-0.2, 0) is 6.54 Å². The summed E-state index contributed by atoms with van der Waals surface area (Å²) < 4.78 is 15.4. The number of thioether (sulfide) groups is 1. The number of rotatable bonds is 9. The molecule has 2 aromatic heterocycles. The minimum absolute atomic E-state index is 0.0304. The van der Waals surface area contributed by atoms with E-state index in [0.717, 1.165) is 29.9 Å². The number of aromatic nitrogens is 4. The average Bonchev–Trinajstić information content (AvgIpc) is 3.10. The molecule has 0 fully saturated rings. The normalized spacial score (nSPS) is 11.0. The van der Waals surface area contributed by atoms with Gasteiger partial charge in [-0.05, 0) is 24.3 Å². The van der Waals surface area contributed by atoms with Crippen LogP contribution in [0.4, 0.5) is 10.2 Å². The van der Waals surface area contributed by atoms with Gasteiger partial charge in [0.05, 0.1) is 23.7 Å². The molecular weight excluding hydrogens is 379 g/mol. The van der Waals surface area contributed by atoms with Crippen LogP contribution in [0.15, 0.2) is 35.6 Å². The second-order valence-corrected chi connectivity index (χ2v) is 7.29. The highest BCUT2D eigenvalue weighted by Gasteiger charge is 2.14. The standard InChI is InChI=1S/C19H23FN6OS/c1-3-9-21-16-14-12-23-26(17(14)25-19(24-16)28-4-2)11-10-22-18(27)13-7-5-6-8-15(13)20/h5-8,12H,3-4,9-11H2,1-2H3,(H,22,27)(H,21,24,25). The van der Waals surface area contributed by atoms with E-state index in [1.807, 2.05) is 6.92 Å². The predicted molar refractivity (Wildman–Crippen MR) is 109 cm³/mol. The summed E-state index contributed by atoms with van der Waals surface area (Å²) in [7, 11) is 0. The van der Waals surface area contributed by atoms with E-state index in [-0.39, 0.29) is 5.56 Å². The number of benzene rings is 1. The minimum atomic E-state index is -0.537. The summed E-state index contributed by atoms with van der Waals surface area (Å²) in [4.78, 5) is 21.3. The van der Waals surface area contributed by atoms with Gasteiger partial charge in [-0.1, -0.05) is 37.7 Å². The molecule has 0 aliphatic carbocycles. The van der Waals surface area contributed by atoms with E-state index in [4.69, 9.17) is 0 Å². The van der Waals surface area contributed by atoms with Gasteiger partial charge in [0.25, 0.3) is 5.91 Å². The van der Waals surface area contributed by atoms with Crippen LogP contribution in [0.3, 0.4) is 0 Å². The summed E-state index contributed by atoms with van der Waals surface area (Å²) in [5, 5.41) is 12.0. The fraction of sp³-hybridized carbons (Fsp3) is 0.368. The zero-order chi connectivity index (χ0) is 19.9. The Morgan fingerprint density at radius 1 is 1.21 bits per heavy atom. The van der Waals surface area contributed by atoms with Crippen molar-refractivity contribution in [3.63, 3.8) is 0 Å². The molecular formula is C19H23FN6OS. The van der Waals surface area contributed by atoms with Crippen molar-refractivity contribution in [1.82, 2.24) is 25.1 Å². The molecule has 1 aromatic carbocycles. The van der Waals surface area contributed by atoms with Crippen LogP contribution in [0, 0.1) is 5.82 Å². The molecule has 0 unspecified atom stereocenters. The molecule has 9 heteroatoms. The first-order chi connectivity index (χ1) is 13.6. The molecule has 0 aliphatic heterocycles. The quantitative estimate of drug-likeness (QED) is 0.422. The Morgan fingerprint density at radius 3 is 2.79 bits per heavy atom. The molecule has 0 saturated heterocycles. The van der Waals surface area contributed by atoms with Crippen molar-refractivity contribution in [3.8, 4) is 0 Å². The monoisotopic (exact) mass is 402 g/mol. The first kappa shape index (κ1) is 20.1. The Kier molecular flexibility index (Phi) is 6.80. The molecule has 0 atom stereocenters. The summed E-state index contributed by atoms with van der Waals surface area (Å²) in [5.74, 6) is 0.650. The van der Waals surface area contributed by atoms with Crippen LogP contribution in [0.2, 0.25) is 0 Å². The lowest BCUT2D eigenvalue weighted by atomic mass is 10.2. The van der Waals surface area contributed by atoms with Gasteiger partial charge in [-0.3, -0.25) is 4.79 Å². The molecule has 2 N–H and O–H groups in total. The van der Waals surface area contributed by atoms with Crippen LogP contribution in [0.5, 0.6) is 0 Å². The Morgan fingerprint density at radius 2 is 2.04 bits per heavy atom. The molecule has 0 saturated carbocycles. The summed E-state index contributed by atoms with van der Waals surface area (Å²) in [5.41, 5.74) is 0.743. The number of carbonyl (C=O) groups excluding carboxylic acids is 1. The Labute approximate surface area is 167 Å². The fourth-order valence-corrected chi connectivity index (χ4v) is 3.25. The van der Waals surface area contributed by atoms with E-state index < -0.39 is 11.7 Å². The first-order valence-electron chi connectivity index (χ1n) is 9.27. The molecule has 0 aliphatic rings. The number of hydrogen-bond donors (Lipinski definition) is 2. The zero-order valence-electron chi connectivity index (χ0n) is 15.9. The molecule has 3 rings (SSSR count). The number of nitrogens with one attached hydrogen (secondary N) is 2. The van der Waals surface area contributed by atoms with Crippen LogP contribution < -0.4 is 10.6 Å². The van der Waals surface area contributed by atoms with Gasteiger partial charge in [0.2, 0.25) is 0 Å². The lowest BCUT2D eigenvalue weighted by molar-refractivity contribution is 0.0948. The van der Waals surface area contributed by atoms with Gasteiger partial charge in [-0.15, -0.1) is 0 Å².